The van der Waals surface area contributed by atoms with E-state index in [1.54, 1.807) is 0 Å². The van der Waals surface area contributed by atoms with Crippen molar-refractivity contribution in [2.45, 2.75) is 45.2 Å². The molecule has 1 N–H and O–H groups in total. The van der Waals surface area contributed by atoms with Crippen LogP contribution in [0.4, 0.5) is 0 Å². The summed E-state index contributed by atoms with van der Waals surface area (Å²) < 4.78 is 0. The summed E-state index contributed by atoms with van der Waals surface area (Å²) >= 11 is 0. The number of amides is 1. The standard InChI is InChI=1S/C16H22N2O/c1-11(2)18-10-14-6-5-12(8-15(14)16(18)19)13-4-3-7-17-9-13/h5-6,8,11,13,17H,3-4,7,9-10H2,1-2H3. The zero-order valence-electron chi connectivity index (χ0n) is 11.8. The van der Waals surface area contributed by atoms with Crippen LogP contribution in [0.25, 0.3) is 0 Å². The first-order chi connectivity index (χ1) is 9.16. The van der Waals surface area contributed by atoms with Crippen molar-refractivity contribution < 1.29 is 4.79 Å². The van der Waals surface area contributed by atoms with Gasteiger partial charge in [0.1, 0.15) is 0 Å². The third-order valence-corrected chi connectivity index (χ3v) is 4.36. The van der Waals surface area contributed by atoms with Crippen LogP contribution >= 0.6 is 0 Å². The van der Waals surface area contributed by atoms with E-state index < -0.39 is 0 Å². The highest BCUT2D eigenvalue weighted by Gasteiger charge is 2.29. The Hall–Kier alpha value is -1.35. The van der Waals surface area contributed by atoms with E-state index in [0.717, 1.165) is 25.2 Å². The van der Waals surface area contributed by atoms with E-state index >= 15 is 0 Å². The Balaban J connectivity index is 1.87. The summed E-state index contributed by atoms with van der Waals surface area (Å²) in [7, 11) is 0. The molecule has 1 atom stereocenters. The maximum atomic E-state index is 12.4. The second-order valence-electron chi connectivity index (χ2n) is 5.99. The van der Waals surface area contributed by atoms with Crippen LogP contribution in [0.1, 0.15) is 54.1 Å². The van der Waals surface area contributed by atoms with Gasteiger partial charge < -0.3 is 10.2 Å². The summed E-state index contributed by atoms with van der Waals surface area (Å²) in [5.74, 6) is 0.774. The van der Waals surface area contributed by atoms with E-state index in [1.807, 2.05) is 4.90 Å². The van der Waals surface area contributed by atoms with Gasteiger partial charge >= 0.3 is 0 Å². The summed E-state index contributed by atoms with van der Waals surface area (Å²) in [6, 6.07) is 6.78. The number of benzene rings is 1. The first-order valence-corrected chi connectivity index (χ1v) is 7.31. The van der Waals surface area contributed by atoms with Crippen molar-refractivity contribution in [2.24, 2.45) is 0 Å². The Labute approximate surface area is 115 Å². The van der Waals surface area contributed by atoms with Crippen LogP contribution in [-0.4, -0.2) is 29.9 Å². The Kier molecular flexibility index (Phi) is 3.31. The van der Waals surface area contributed by atoms with Gasteiger partial charge in [0.05, 0.1) is 0 Å². The largest absolute Gasteiger partial charge is 0.332 e. The average molecular weight is 258 g/mol. The van der Waals surface area contributed by atoms with Crippen LogP contribution in [0.2, 0.25) is 0 Å². The summed E-state index contributed by atoms with van der Waals surface area (Å²) in [6.07, 6.45) is 2.46. The van der Waals surface area contributed by atoms with Crippen LogP contribution < -0.4 is 5.32 Å². The van der Waals surface area contributed by atoms with Gasteiger partial charge in [0.15, 0.2) is 0 Å². The molecule has 1 fully saturated rings. The van der Waals surface area contributed by atoms with E-state index in [9.17, 15) is 4.79 Å². The zero-order chi connectivity index (χ0) is 13.4. The van der Waals surface area contributed by atoms with E-state index in [2.05, 4.69) is 37.4 Å². The molecular formula is C16H22N2O. The molecule has 1 aromatic carbocycles. The van der Waals surface area contributed by atoms with Gasteiger partial charge in [0, 0.05) is 24.7 Å². The third-order valence-electron chi connectivity index (χ3n) is 4.36. The van der Waals surface area contributed by atoms with Crippen molar-refractivity contribution in [2.75, 3.05) is 13.1 Å². The lowest BCUT2D eigenvalue weighted by Crippen LogP contribution is -2.31. The molecule has 0 aromatic heterocycles. The highest BCUT2D eigenvalue weighted by atomic mass is 16.2. The van der Waals surface area contributed by atoms with Crippen molar-refractivity contribution in [3.63, 3.8) is 0 Å². The number of fused-ring (bicyclic) bond motifs is 1. The van der Waals surface area contributed by atoms with E-state index in [0.29, 0.717) is 5.92 Å². The van der Waals surface area contributed by atoms with Gasteiger partial charge in [-0.1, -0.05) is 12.1 Å². The molecule has 0 saturated carbocycles. The fourth-order valence-corrected chi connectivity index (χ4v) is 3.15. The van der Waals surface area contributed by atoms with E-state index in [4.69, 9.17) is 0 Å². The second kappa shape index (κ2) is 4.97. The van der Waals surface area contributed by atoms with Gasteiger partial charge in [-0.2, -0.15) is 0 Å². The molecule has 3 heteroatoms. The fraction of sp³-hybridized carbons (Fsp3) is 0.562. The first kappa shape index (κ1) is 12.7. The number of rotatable bonds is 2. The molecule has 3 nitrogen and oxygen atoms in total. The molecule has 3 rings (SSSR count). The van der Waals surface area contributed by atoms with Crippen LogP contribution in [0.15, 0.2) is 18.2 Å². The molecule has 2 aliphatic rings. The highest BCUT2D eigenvalue weighted by molar-refractivity contribution is 5.98. The summed E-state index contributed by atoms with van der Waals surface area (Å²) in [5, 5.41) is 3.44. The highest BCUT2D eigenvalue weighted by Crippen LogP contribution is 2.30. The van der Waals surface area contributed by atoms with Gasteiger partial charge in [-0.05, 0) is 56.3 Å². The van der Waals surface area contributed by atoms with Gasteiger partial charge in [0.25, 0.3) is 5.91 Å². The predicted molar refractivity (Wildman–Crippen MR) is 76.3 cm³/mol. The van der Waals surface area contributed by atoms with Crippen LogP contribution in [-0.2, 0) is 6.54 Å². The molecular weight excluding hydrogens is 236 g/mol. The third kappa shape index (κ3) is 2.27. The average Bonchev–Trinajstić information content (AvgIpc) is 2.77. The number of hydrogen-bond donors (Lipinski definition) is 1. The molecule has 2 heterocycles. The van der Waals surface area contributed by atoms with E-state index in [1.165, 1.54) is 24.0 Å². The molecule has 1 saturated heterocycles. The molecule has 2 aliphatic heterocycles. The van der Waals surface area contributed by atoms with Crippen molar-refractivity contribution >= 4 is 5.91 Å². The molecule has 19 heavy (non-hydrogen) atoms. The Bertz CT molecular complexity index is 490. The smallest absolute Gasteiger partial charge is 0.254 e. The molecule has 0 bridgehead atoms. The normalized spacial score (nSPS) is 23.0. The molecule has 0 spiro atoms. The second-order valence-corrected chi connectivity index (χ2v) is 5.99. The number of hydrogen-bond acceptors (Lipinski definition) is 2. The number of nitrogens with zero attached hydrogens (tertiary/aromatic N) is 1. The number of piperidine rings is 1. The predicted octanol–water partition coefficient (Wildman–Crippen LogP) is 2.52. The lowest BCUT2D eigenvalue weighted by molar-refractivity contribution is 0.0730. The maximum absolute atomic E-state index is 12.4. The summed E-state index contributed by atoms with van der Waals surface area (Å²) in [4.78, 5) is 14.3. The van der Waals surface area contributed by atoms with Crippen LogP contribution in [0.5, 0.6) is 0 Å². The van der Waals surface area contributed by atoms with Crippen LogP contribution in [0.3, 0.4) is 0 Å². The maximum Gasteiger partial charge on any atom is 0.254 e. The molecule has 1 unspecified atom stereocenters. The van der Waals surface area contributed by atoms with Gasteiger partial charge in [-0.3, -0.25) is 4.79 Å². The molecule has 0 radical (unpaired) electrons. The Morgan fingerprint density at radius 1 is 1.37 bits per heavy atom. The van der Waals surface area contributed by atoms with Crippen molar-refractivity contribution in [1.82, 2.24) is 10.2 Å². The van der Waals surface area contributed by atoms with Crippen LogP contribution in [0, 0.1) is 0 Å². The van der Waals surface area contributed by atoms with E-state index in [-0.39, 0.29) is 11.9 Å². The summed E-state index contributed by atoms with van der Waals surface area (Å²) in [5.41, 5.74) is 3.44. The monoisotopic (exact) mass is 258 g/mol. The van der Waals surface area contributed by atoms with Gasteiger partial charge in [0.2, 0.25) is 0 Å². The topological polar surface area (TPSA) is 32.3 Å². The number of carbonyl (C=O) groups excluding carboxylic acids is 1. The zero-order valence-corrected chi connectivity index (χ0v) is 11.8. The van der Waals surface area contributed by atoms with Crippen molar-refractivity contribution in [3.8, 4) is 0 Å². The Morgan fingerprint density at radius 3 is 2.89 bits per heavy atom. The van der Waals surface area contributed by atoms with Gasteiger partial charge in [-0.25, -0.2) is 0 Å². The lowest BCUT2D eigenvalue weighted by Gasteiger charge is -2.23. The molecule has 102 valence electrons. The van der Waals surface area contributed by atoms with Crippen molar-refractivity contribution in [3.05, 3.63) is 34.9 Å². The van der Waals surface area contributed by atoms with Gasteiger partial charge in [-0.15, -0.1) is 0 Å². The number of carbonyl (C=O) groups is 1. The first-order valence-electron chi connectivity index (χ1n) is 7.31. The fourth-order valence-electron chi connectivity index (χ4n) is 3.15. The Morgan fingerprint density at radius 2 is 2.21 bits per heavy atom. The van der Waals surface area contributed by atoms with Crippen molar-refractivity contribution in [1.29, 1.82) is 0 Å². The molecule has 1 aromatic rings. The SMILES string of the molecule is CC(C)N1Cc2ccc(C3CCCNC3)cc2C1=O. The lowest BCUT2D eigenvalue weighted by atomic mass is 9.90. The minimum atomic E-state index is 0.204. The molecule has 0 aliphatic carbocycles. The summed E-state index contributed by atoms with van der Waals surface area (Å²) in [6.45, 7) is 7.10. The quantitative estimate of drug-likeness (QED) is 0.884. The minimum Gasteiger partial charge on any atom is -0.332 e. The number of nitrogens with one attached hydrogen (secondary N) is 1. The minimum absolute atomic E-state index is 0.204. The molecule has 1 amide bonds.